The average Bonchev–Trinajstić information content (AvgIpc) is 2.56. The lowest BCUT2D eigenvalue weighted by Crippen LogP contribution is -2.15. The molecule has 0 radical (unpaired) electrons. The molecule has 2 rings (SSSR count). The van der Waals surface area contributed by atoms with E-state index in [2.05, 4.69) is 5.32 Å². The SMILES string of the molecule is O=C(CCl)Nc1ccccc1COC(=O)Cc1ccc(Cl)cc1. The Morgan fingerprint density at radius 2 is 1.74 bits per heavy atom. The minimum absolute atomic E-state index is 0.0746. The Morgan fingerprint density at radius 3 is 2.43 bits per heavy atom. The number of anilines is 1. The Bertz CT molecular complexity index is 686. The fourth-order valence-electron chi connectivity index (χ4n) is 1.93. The first kappa shape index (κ1) is 17.3. The molecule has 0 spiro atoms. The first-order chi connectivity index (χ1) is 11.1. The number of para-hydroxylation sites is 1. The third kappa shape index (κ3) is 5.58. The van der Waals surface area contributed by atoms with Crippen molar-refractivity contribution in [2.24, 2.45) is 0 Å². The fraction of sp³-hybridized carbons (Fsp3) is 0.176. The molecule has 0 saturated carbocycles. The molecule has 4 nitrogen and oxygen atoms in total. The lowest BCUT2D eigenvalue weighted by molar-refractivity contribution is -0.144. The highest BCUT2D eigenvalue weighted by molar-refractivity contribution is 6.30. The van der Waals surface area contributed by atoms with E-state index in [1.807, 2.05) is 0 Å². The van der Waals surface area contributed by atoms with Gasteiger partial charge in [0, 0.05) is 16.3 Å². The van der Waals surface area contributed by atoms with Gasteiger partial charge in [0.25, 0.3) is 0 Å². The molecule has 0 atom stereocenters. The summed E-state index contributed by atoms with van der Waals surface area (Å²) in [4.78, 5) is 23.3. The molecule has 6 heteroatoms. The van der Waals surface area contributed by atoms with E-state index in [0.717, 1.165) is 5.56 Å². The predicted molar refractivity (Wildman–Crippen MR) is 90.7 cm³/mol. The normalized spacial score (nSPS) is 10.2. The molecule has 120 valence electrons. The molecule has 0 heterocycles. The largest absolute Gasteiger partial charge is 0.460 e. The van der Waals surface area contributed by atoms with Crippen molar-refractivity contribution < 1.29 is 14.3 Å². The van der Waals surface area contributed by atoms with Crippen LogP contribution in [0.1, 0.15) is 11.1 Å². The molecule has 1 amide bonds. The first-order valence-corrected chi connectivity index (χ1v) is 7.83. The molecule has 0 aromatic heterocycles. The summed E-state index contributed by atoms with van der Waals surface area (Å²) in [7, 11) is 0. The summed E-state index contributed by atoms with van der Waals surface area (Å²) >= 11 is 11.3. The maximum Gasteiger partial charge on any atom is 0.310 e. The Kier molecular flexibility index (Phi) is 6.44. The molecule has 23 heavy (non-hydrogen) atoms. The van der Waals surface area contributed by atoms with Crippen LogP contribution in [-0.4, -0.2) is 17.8 Å². The van der Waals surface area contributed by atoms with Crippen LogP contribution in [0.4, 0.5) is 5.69 Å². The van der Waals surface area contributed by atoms with Crippen LogP contribution in [0.5, 0.6) is 0 Å². The standard InChI is InChI=1S/C17H15Cl2NO3/c18-10-16(21)20-15-4-2-1-3-13(15)11-23-17(22)9-12-5-7-14(19)8-6-12/h1-8H,9-11H2,(H,20,21). The van der Waals surface area contributed by atoms with Crippen LogP contribution in [-0.2, 0) is 27.4 Å². The molecular weight excluding hydrogens is 337 g/mol. The smallest absolute Gasteiger partial charge is 0.310 e. The molecule has 0 bridgehead atoms. The van der Waals surface area contributed by atoms with Crippen LogP contribution in [0.3, 0.4) is 0 Å². The van der Waals surface area contributed by atoms with Gasteiger partial charge in [0.15, 0.2) is 0 Å². The highest BCUT2D eigenvalue weighted by atomic mass is 35.5. The third-order valence-corrected chi connectivity index (χ3v) is 3.56. The van der Waals surface area contributed by atoms with E-state index in [0.29, 0.717) is 16.3 Å². The number of halogens is 2. The molecule has 0 aliphatic carbocycles. The predicted octanol–water partition coefficient (Wildman–Crippen LogP) is 3.80. The van der Waals surface area contributed by atoms with Crippen LogP contribution >= 0.6 is 23.2 Å². The highest BCUT2D eigenvalue weighted by Gasteiger charge is 2.09. The molecule has 1 N–H and O–H groups in total. The summed E-state index contributed by atoms with van der Waals surface area (Å²) in [5.74, 6) is -0.803. The van der Waals surface area contributed by atoms with E-state index >= 15 is 0 Å². The van der Waals surface area contributed by atoms with Crippen LogP contribution in [0, 0.1) is 0 Å². The Morgan fingerprint density at radius 1 is 1.04 bits per heavy atom. The van der Waals surface area contributed by atoms with Gasteiger partial charge in [0.05, 0.1) is 6.42 Å². The molecule has 0 saturated heterocycles. The third-order valence-electron chi connectivity index (χ3n) is 3.06. The summed E-state index contributed by atoms with van der Waals surface area (Å²) in [6, 6.07) is 14.1. The number of alkyl halides is 1. The molecule has 0 unspecified atom stereocenters. The van der Waals surface area contributed by atoms with Crippen LogP contribution in [0.15, 0.2) is 48.5 Å². The molecule has 0 aliphatic heterocycles. The number of ether oxygens (including phenoxy) is 1. The van der Waals surface area contributed by atoms with Crippen molar-refractivity contribution in [3.05, 3.63) is 64.7 Å². The van der Waals surface area contributed by atoms with Gasteiger partial charge in [-0.2, -0.15) is 0 Å². The molecule has 0 fully saturated rings. The second-order valence-electron chi connectivity index (χ2n) is 4.80. The van der Waals surface area contributed by atoms with Crippen LogP contribution < -0.4 is 5.32 Å². The number of esters is 1. The van der Waals surface area contributed by atoms with Crippen molar-refractivity contribution >= 4 is 40.8 Å². The zero-order valence-corrected chi connectivity index (χ0v) is 13.7. The Labute approximate surface area is 144 Å². The topological polar surface area (TPSA) is 55.4 Å². The van der Waals surface area contributed by atoms with Gasteiger partial charge in [-0.1, -0.05) is 41.9 Å². The lowest BCUT2D eigenvalue weighted by Gasteiger charge is -2.11. The minimum atomic E-state index is -0.356. The number of nitrogens with one attached hydrogen (secondary N) is 1. The number of amides is 1. The van der Waals surface area contributed by atoms with E-state index < -0.39 is 0 Å². The number of hydrogen-bond donors (Lipinski definition) is 1. The summed E-state index contributed by atoms with van der Waals surface area (Å²) < 4.78 is 5.26. The van der Waals surface area contributed by atoms with Gasteiger partial charge < -0.3 is 10.1 Å². The van der Waals surface area contributed by atoms with Gasteiger partial charge in [0.2, 0.25) is 5.91 Å². The Balaban J connectivity index is 1.93. The lowest BCUT2D eigenvalue weighted by atomic mass is 10.1. The van der Waals surface area contributed by atoms with Gasteiger partial charge in [-0.3, -0.25) is 9.59 Å². The van der Waals surface area contributed by atoms with Crippen molar-refractivity contribution in [1.29, 1.82) is 0 Å². The zero-order chi connectivity index (χ0) is 16.7. The van der Waals surface area contributed by atoms with Crippen molar-refractivity contribution in [3.8, 4) is 0 Å². The van der Waals surface area contributed by atoms with E-state index in [1.165, 1.54) is 0 Å². The Hall–Kier alpha value is -2.04. The summed E-state index contributed by atoms with van der Waals surface area (Å²) in [5.41, 5.74) is 2.11. The summed E-state index contributed by atoms with van der Waals surface area (Å²) in [6.45, 7) is 0.0746. The van der Waals surface area contributed by atoms with E-state index in [1.54, 1.807) is 48.5 Å². The monoisotopic (exact) mass is 351 g/mol. The number of carbonyl (C=O) groups is 2. The molecule has 2 aromatic rings. The van der Waals surface area contributed by atoms with Gasteiger partial charge >= 0.3 is 5.97 Å². The second-order valence-corrected chi connectivity index (χ2v) is 5.51. The number of carbonyl (C=O) groups excluding carboxylic acids is 2. The van der Waals surface area contributed by atoms with E-state index in [-0.39, 0.29) is 30.8 Å². The van der Waals surface area contributed by atoms with E-state index in [9.17, 15) is 9.59 Å². The molecule has 0 aliphatic rings. The average molecular weight is 352 g/mol. The number of hydrogen-bond acceptors (Lipinski definition) is 3. The number of benzene rings is 2. The first-order valence-electron chi connectivity index (χ1n) is 6.92. The molecular formula is C17H15Cl2NO3. The maximum absolute atomic E-state index is 11.9. The van der Waals surface area contributed by atoms with Crippen molar-refractivity contribution in [2.75, 3.05) is 11.2 Å². The molecule has 2 aromatic carbocycles. The summed E-state index contributed by atoms with van der Waals surface area (Å²) in [6.07, 6.45) is 0.160. The van der Waals surface area contributed by atoms with Crippen molar-refractivity contribution in [1.82, 2.24) is 0 Å². The highest BCUT2D eigenvalue weighted by Crippen LogP contribution is 2.17. The van der Waals surface area contributed by atoms with Gasteiger partial charge in [-0.05, 0) is 23.8 Å². The zero-order valence-electron chi connectivity index (χ0n) is 12.2. The second kappa shape index (κ2) is 8.56. The minimum Gasteiger partial charge on any atom is -0.460 e. The van der Waals surface area contributed by atoms with Crippen molar-refractivity contribution in [2.45, 2.75) is 13.0 Å². The van der Waals surface area contributed by atoms with Crippen LogP contribution in [0.25, 0.3) is 0 Å². The van der Waals surface area contributed by atoms with Gasteiger partial charge in [-0.15, -0.1) is 11.6 Å². The van der Waals surface area contributed by atoms with Crippen LogP contribution in [0.2, 0.25) is 5.02 Å². The quantitative estimate of drug-likeness (QED) is 0.636. The van der Waals surface area contributed by atoms with Gasteiger partial charge in [0.1, 0.15) is 12.5 Å². The number of rotatable bonds is 6. The van der Waals surface area contributed by atoms with Crippen molar-refractivity contribution in [3.63, 3.8) is 0 Å². The summed E-state index contributed by atoms with van der Waals surface area (Å²) in [5, 5.41) is 3.28. The maximum atomic E-state index is 11.9. The van der Waals surface area contributed by atoms with E-state index in [4.69, 9.17) is 27.9 Å². The van der Waals surface area contributed by atoms with Gasteiger partial charge in [-0.25, -0.2) is 0 Å². The fourth-order valence-corrected chi connectivity index (χ4v) is 2.12.